The molecule has 6 nitrogen and oxygen atoms in total. The lowest BCUT2D eigenvalue weighted by Crippen LogP contribution is -2.15. The van der Waals surface area contributed by atoms with E-state index in [9.17, 15) is 4.79 Å². The molecule has 1 N–H and O–H groups in total. The van der Waals surface area contributed by atoms with Crippen LogP contribution >= 0.6 is 11.8 Å². The van der Waals surface area contributed by atoms with E-state index in [1.54, 1.807) is 0 Å². The van der Waals surface area contributed by atoms with Gasteiger partial charge in [-0.25, -0.2) is 4.98 Å². The summed E-state index contributed by atoms with van der Waals surface area (Å²) in [6, 6.07) is 7.38. The van der Waals surface area contributed by atoms with E-state index in [0.29, 0.717) is 22.3 Å². The van der Waals surface area contributed by atoms with Gasteiger partial charge in [0.05, 0.1) is 17.5 Å². The van der Waals surface area contributed by atoms with Crippen LogP contribution in [0.3, 0.4) is 0 Å². The molecule has 0 spiro atoms. The number of para-hydroxylation sites is 2. The van der Waals surface area contributed by atoms with Crippen LogP contribution in [0.2, 0.25) is 0 Å². The number of H-pyrrole nitrogens is 1. The number of aromatic nitrogens is 4. The van der Waals surface area contributed by atoms with Crippen molar-refractivity contribution in [2.75, 3.05) is 6.26 Å². The van der Waals surface area contributed by atoms with Crippen molar-refractivity contribution in [3.05, 3.63) is 46.2 Å². The molecule has 96 valence electrons. The van der Waals surface area contributed by atoms with Gasteiger partial charge in [-0.1, -0.05) is 23.9 Å². The molecule has 0 fully saturated rings. The zero-order chi connectivity index (χ0) is 13.2. The average molecular weight is 274 g/mol. The van der Waals surface area contributed by atoms with Crippen molar-refractivity contribution in [1.29, 1.82) is 0 Å². The lowest BCUT2D eigenvalue weighted by Gasteiger charge is -1.99. The molecule has 0 aliphatic rings. The Hall–Kier alpha value is -2.15. The smallest absolute Gasteiger partial charge is 0.276 e. The molecule has 0 unspecified atom stereocenters. The zero-order valence-electron chi connectivity index (χ0n) is 10.1. The Kier molecular flexibility index (Phi) is 3.04. The van der Waals surface area contributed by atoms with E-state index in [1.165, 1.54) is 11.8 Å². The molecular weight excluding hydrogens is 264 g/mol. The molecule has 0 radical (unpaired) electrons. The van der Waals surface area contributed by atoms with E-state index in [-0.39, 0.29) is 12.0 Å². The summed E-state index contributed by atoms with van der Waals surface area (Å²) < 4.78 is 5.35. The van der Waals surface area contributed by atoms with Crippen LogP contribution in [-0.4, -0.2) is 26.4 Å². The van der Waals surface area contributed by atoms with Gasteiger partial charge in [0.1, 0.15) is 5.69 Å². The molecule has 0 aliphatic heterocycles. The molecule has 7 heteroatoms. The highest BCUT2D eigenvalue weighted by Crippen LogP contribution is 2.13. The second kappa shape index (κ2) is 4.85. The van der Waals surface area contributed by atoms with Crippen LogP contribution in [0.4, 0.5) is 0 Å². The topological polar surface area (TPSA) is 84.7 Å². The predicted molar refractivity (Wildman–Crippen MR) is 71.2 cm³/mol. The lowest BCUT2D eigenvalue weighted by atomic mass is 10.2. The first-order valence-electron chi connectivity index (χ1n) is 5.60. The first-order valence-corrected chi connectivity index (χ1v) is 6.83. The number of hydrogen-bond donors (Lipinski definition) is 1. The quantitative estimate of drug-likeness (QED) is 0.730. The molecule has 0 atom stereocenters. The summed E-state index contributed by atoms with van der Waals surface area (Å²) in [5.74, 6) is 0.387. The monoisotopic (exact) mass is 274 g/mol. The predicted octanol–water partition coefficient (Wildman–Crippen LogP) is 1.62. The molecule has 3 aromatic rings. The Balaban J connectivity index is 2.00. The van der Waals surface area contributed by atoms with Gasteiger partial charge < -0.3 is 9.40 Å². The molecule has 0 bridgehead atoms. The molecular formula is C12H10N4O2S. The molecule has 0 saturated heterocycles. The van der Waals surface area contributed by atoms with Crippen molar-refractivity contribution in [3.8, 4) is 0 Å². The van der Waals surface area contributed by atoms with Crippen molar-refractivity contribution in [1.82, 2.24) is 20.2 Å². The Morgan fingerprint density at radius 3 is 2.95 bits per heavy atom. The van der Waals surface area contributed by atoms with Crippen molar-refractivity contribution in [2.45, 2.75) is 11.6 Å². The van der Waals surface area contributed by atoms with Gasteiger partial charge in [0.15, 0.2) is 0 Å². The van der Waals surface area contributed by atoms with Gasteiger partial charge in [0.25, 0.3) is 10.8 Å². The third-order valence-electron chi connectivity index (χ3n) is 2.61. The van der Waals surface area contributed by atoms with E-state index in [2.05, 4.69) is 20.2 Å². The summed E-state index contributed by atoms with van der Waals surface area (Å²) in [6.07, 6.45) is 2.08. The molecule has 1 aromatic carbocycles. The number of benzene rings is 1. The van der Waals surface area contributed by atoms with Crippen LogP contribution in [-0.2, 0) is 6.42 Å². The highest BCUT2D eigenvalue weighted by Gasteiger charge is 2.11. The van der Waals surface area contributed by atoms with Crippen LogP contribution in [0.25, 0.3) is 11.0 Å². The van der Waals surface area contributed by atoms with Gasteiger partial charge in [0.2, 0.25) is 5.89 Å². The SMILES string of the molecule is CSc1nnc(Cc2nc3ccccc3[nH]c2=O)o1. The molecule has 19 heavy (non-hydrogen) atoms. The molecule has 2 heterocycles. The van der Waals surface area contributed by atoms with E-state index in [4.69, 9.17) is 4.42 Å². The van der Waals surface area contributed by atoms with Gasteiger partial charge in [-0.15, -0.1) is 10.2 Å². The van der Waals surface area contributed by atoms with Crippen LogP contribution in [0, 0.1) is 0 Å². The Morgan fingerprint density at radius 2 is 2.16 bits per heavy atom. The second-order valence-corrected chi connectivity index (χ2v) is 4.63. The average Bonchev–Trinajstić information content (AvgIpc) is 2.87. The van der Waals surface area contributed by atoms with E-state index >= 15 is 0 Å². The Bertz CT molecular complexity index is 780. The fourth-order valence-electron chi connectivity index (χ4n) is 1.72. The number of hydrogen-bond acceptors (Lipinski definition) is 6. The van der Waals surface area contributed by atoms with Crippen LogP contribution in [0.15, 0.2) is 38.7 Å². The fourth-order valence-corrected chi connectivity index (χ4v) is 2.02. The second-order valence-electron chi connectivity index (χ2n) is 3.87. The summed E-state index contributed by atoms with van der Waals surface area (Å²) in [6.45, 7) is 0. The summed E-state index contributed by atoms with van der Waals surface area (Å²) in [5, 5.41) is 8.18. The minimum atomic E-state index is -0.234. The largest absolute Gasteiger partial charge is 0.416 e. The van der Waals surface area contributed by atoms with Crippen molar-refractivity contribution >= 4 is 22.8 Å². The fraction of sp³-hybridized carbons (Fsp3) is 0.167. The minimum absolute atomic E-state index is 0.230. The maximum absolute atomic E-state index is 11.9. The number of aromatic amines is 1. The normalized spacial score (nSPS) is 11.0. The summed E-state index contributed by atoms with van der Waals surface area (Å²) in [7, 11) is 0. The highest BCUT2D eigenvalue weighted by atomic mass is 32.2. The number of nitrogens with one attached hydrogen (secondary N) is 1. The number of nitrogens with zero attached hydrogens (tertiary/aromatic N) is 3. The minimum Gasteiger partial charge on any atom is -0.416 e. The first kappa shape index (κ1) is 11.9. The summed E-state index contributed by atoms with van der Waals surface area (Å²) >= 11 is 1.36. The number of thioether (sulfide) groups is 1. The van der Waals surface area contributed by atoms with E-state index in [0.717, 1.165) is 5.52 Å². The zero-order valence-corrected chi connectivity index (χ0v) is 10.9. The van der Waals surface area contributed by atoms with Gasteiger partial charge in [-0.2, -0.15) is 0 Å². The molecule has 0 amide bonds. The van der Waals surface area contributed by atoms with Gasteiger partial charge in [-0.05, 0) is 18.4 Å². The molecule has 2 aromatic heterocycles. The molecule has 3 rings (SSSR count). The van der Waals surface area contributed by atoms with Gasteiger partial charge >= 0.3 is 0 Å². The molecule has 0 saturated carbocycles. The van der Waals surface area contributed by atoms with Crippen molar-refractivity contribution in [2.24, 2.45) is 0 Å². The van der Waals surface area contributed by atoms with Crippen molar-refractivity contribution < 1.29 is 4.42 Å². The van der Waals surface area contributed by atoms with E-state index < -0.39 is 0 Å². The number of rotatable bonds is 3. The lowest BCUT2D eigenvalue weighted by molar-refractivity contribution is 0.419. The Morgan fingerprint density at radius 1 is 1.32 bits per heavy atom. The third kappa shape index (κ3) is 2.37. The number of fused-ring (bicyclic) bond motifs is 1. The third-order valence-corrected chi connectivity index (χ3v) is 3.13. The molecule has 0 aliphatic carbocycles. The maximum Gasteiger partial charge on any atom is 0.276 e. The Labute approximate surface area is 112 Å². The maximum atomic E-state index is 11.9. The van der Waals surface area contributed by atoms with Gasteiger partial charge in [0, 0.05) is 0 Å². The summed E-state index contributed by atoms with van der Waals surface area (Å²) in [4.78, 5) is 19.0. The first-order chi connectivity index (χ1) is 9.26. The van der Waals surface area contributed by atoms with Crippen LogP contribution in [0.5, 0.6) is 0 Å². The van der Waals surface area contributed by atoms with Crippen LogP contribution in [0.1, 0.15) is 11.6 Å². The van der Waals surface area contributed by atoms with Gasteiger partial charge in [-0.3, -0.25) is 4.79 Å². The highest BCUT2D eigenvalue weighted by molar-refractivity contribution is 7.98. The van der Waals surface area contributed by atoms with Crippen LogP contribution < -0.4 is 5.56 Å². The standard InChI is InChI=1S/C12H10N4O2S/c1-19-12-16-15-10(18-12)6-9-11(17)14-8-5-3-2-4-7(8)13-9/h2-5H,6H2,1H3,(H,14,17). The van der Waals surface area contributed by atoms with E-state index in [1.807, 2.05) is 30.5 Å². The van der Waals surface area contributed by atoms with Crippen molar-refractivity contribution in [3.63, 3.8) is 0 Å². The summed E-state index contributed by atoms with van der Waals surface area (Å²) in [5.41, 5.74) is 1.59.